The average molecular weight is 425 g/mol. The molecule has 0 fully saturated rings. The van der Waals surface area contributed by atoms with Gasteiger partial charge in [0.2, 0.25) is 0 Å². The summed E-state index contributed by atoms with van der Waals surface area (Å²) in [6.45, 7) is 8.06. The van der Waals surface area contributed by atoms with Crippen LogP contribution >= 0.6 is 0 Å². The van der Waals surface area contributed by atoms with Crippen LogP contribution in [-0.4, -0.2) is 52.2 Å². The van der Waals surface area contributed by atoms with Crippen molar-refractivity contribution < 1.29 is 24.0 Å². The van der Waals surface area contributed by atoms with Crippen LogP contribution in [0.5, 0.6) is 0 Å². The molecule has 164 valence electrons. The van der Waals surface area contributed by atoms with E-state index < -0.39 is 17.9 Å². The number of benzene rings is 1. The largest absolute Gasteiger partial charge is 0.347 e. The van der Waals surface area contributed by atoms with E-state index in [2.05, 4.69) is 11.9 Å². The van der Waals surface area contributed by atoms with E-state index >= 15 is 0 Å². The Kier molecular flexibility index (Phi) is 7.63. The molecule has 3 amide bonds. The highest BCUT2D eigenvalue weighted by molar-refractivity contribution is 6.23. The van der Waals surface area contributed by atoms with E-state index in [1.165, 1.54) is 26.1 Å². The van der Waals surface area contributed by atoms with Crippen LogP contribution in [0.15, 0.2) is 42.8 Å². The van der Waals surface area contributed by atoms with Gasteiger partial charge in [-0.1, -0.05) is 24.8 Å². The summed E-state index contributed by atoms with van der Waals surface area (Å²) >= 11 is 0. The zero-order chi connectivity index (χ0) is 23.3. The van der Waals surface area contributed by atoms with Gasteiger partial charge in [0.15, 0.2) is 5.78 Å². The van der Waals surface area contributed by atoms with Crippen molar-refractivity contribution >= 4 is 29.3 Å². The van der Waals surface area contributed by atoms with Gasteiger partial charge in [-0.3, -0.25) is 24.1 Å². The Hall–Kier alpha value is -3.55. The standard InChI is InChI=1S/C23H27N3O5/c1-6-18(25(5)7-2)21(29)24-13-16-9-8-10-17-20(16)23(31)26(22(17)30)19(15(4)28)12-11-14(3)27/h6-10,19H,2,11-13H2,1,3-5H3,(H,24,29)/b18-6-. The predicted octanol–water partition coefficient (Wildman–Crippen LogP) is 2.20. The monoisotopic (exact) mass is 425 g/mol. The van der Waals surface area contributed by atoms with Crippen LogP contribution in [0, 0.1) is 0 Å². The number of imide groups is 1. The number of ketones is 2. The van der Waals surface area contributed by atoms with Crippen molar-refractivity contribution in [2.24, 2.45) is 0 Å². The molecule has 0 bridgehead atoms. The van der Waals surface area contributed by atoms with Gasteiger partial charge in [-0.2, -0.15) is 0 Å². The van der Waals surface area contributed by atoms with Gasteiger partial charge in [0.05, 0.1) is 17.2 Å². The number of rotatable bonds is 10. The van der Waals surface area contributed by atoms with E-state index in [-0.39, 0.29) is 48.0 Å². The lowest BCUT2D eigenvalue weighted by molar-refractivity contribution is -0.122. The molecule has 1 aromatic rings. The smallest absolute Gasteiger partial charge is 0.267 e. The van der Waals surface area contributed by atoms with Crippen LogP contribution in [0.1, 0.15) is 59.9 Å². The van der Waals surface area contributed by atoms with Crippen molar-refractivity contribution in [3.8, 4) is 0 Å². The van der Waals surface area contributed by atoms with Crippen LogP contribution in [0.25, 0.3) is 0 Å². The molecule has 0 spiro atoms. The quantitative estimate of drug-likeness (QED) is 0.455. The van der Waals surface area contributed by atoms with E-state index in [4.69, 9.17) is 0 Å². The highest BCUT2D eigenvalue weighted by Crippen LogP contribution is 2.29. The molecule has 0 radical (unpaired) electrons. The second kappa shape index (κ2) is 9.97. The van der Waals surface area contributed by atoms with Gasteiger partial charge in [0, 0.05) is 20.0 Å². The molecule has 1 heterocycles. The first-order valence-electron chi connectivity index (χ1n) is 9.93. The Balaban J connectivity index is 2.30. The first-order valence-corrected chi connectivity index (χ1v) is 9.93. The molecule has 8 nitrogen and oxygen atoms in total. The number of carbonyl (C=O) groups excluding carboxylic acids is 5. The van der Waals surface area contributed by atoms with Crippen molar-refractivity contribution in [2.75, 3.05) is 7.05 Å². The number of Topliss-reactive ketones (excluding diaryl/α,β-unsaturated/α-hetero) is 2. The Morgan fingerprint density at radius 2 is 1.87 bits per heavy atom. The summed E-state index contributed by atoms with van der Waals surface area (Å²) in [5.74, 6) is -2.02. The molecule has 1 aliphatic rings. The molecular formula is C23H27N3O5. The summed E-state index contributed by atoms with van der Waals surface area (Å²) in [6, 6.07) is 3.79. The van der Waals surface area contributed by atoms with E-state index in [0.717, 1.165) is 4.90 Å². The molecular weight excluding hydrogens is 398 g/mol. The number of amides is 3. The van der Waals surface area contributed by atoms with Gasteiger partial charge < -0.3 is 15.0 Å². The minimum atomic E-state index is -1.00. The Bertz CT molecular complexity index is 979. The van der Waals surface area contributed by atoms with Gasteiger partial charge >= 0.3 is 0 Å². The van der Waals surface area contributed by atoms with E-state index in [0.29, 0.717) is 11.3 Å². The molecule has 1 N–H and O–H groups in total. The second-order valence-corrected chi connectivity index (χ2v) is 7.34. The van der Waals surface area contributed by atoms with E-state index in [1.54, 1.807) is 37.1 Å². The van der Waals surface area contributed by atoms with Gasteiger partial charge in [-0.25, -0.2) is 0 Å². The number of hydrogen-bond donors (Lipinski definition) is 1. The lowest BCUT2D eigenvalue weighted by Gasteiger charge is -2.23. The molecule has 0 aromatic heterocycles. The second-order valence-electron chi connectivity index (χ2n) is 7.34. The van der Waals surface area contributed by atoms with Crippen LogP contribution in [0.4, 0.5) is 0 Å². The molecule has 8 heteroatoms. The molecule has 1 aliphatic heterocycles. The average Bonchev–Trinajstić information content (AvgIpc) is 2.98. The van der Waals surface area contributed by atoms with Crippen molar-refractivity contribution in [3.63, 3.8) is 0 Å². The molecule has 1 aromatic carbocycles. The number of nitrogens with one attached hydrogen (secondary N) is 1. The van der Waals surface area contributed by atoms with Gasteiger partial charge in [0.1, 0.15) is 11.5 Å². The fourth-order valence-corrected chi connectivity index (χ4v) is 3.52. The van der Waals surface area contributed by atoms with Crippen molar-refractivity contribution in [1.82, 2.24) is 15.1 Å². The summed E-state index contributed by atoms with van der Waals surface area (Å²) in [7, 11) is 1.69. The summed E-state index contributed by atoms with van der Waals surface area (Å²) in [5.41, 5.74) is 1.20. The first kappa shape index (κ1) is 23.7. The zero-order valence-electron chi connectivity index (χ0n) is 18.2. The van der Waals surface area contributed by atoms with Crippen LogP contribution in [0.2, 0.25) is 0 Å². The SMILES string of the molecule is C=CN(C)/C(=C\C)C(=O)NCc1cccc2c1C(=O)N(C(CCC(C)=O)C(C)=O)C2=O. The number of carbonyl (C=O) groups is 5. The number of fused-ring (bicyclic) bond motifs is 1. The van der Waals surface area contributed by atoms with Crippen molar-refractivity contribution in [1.29, 1.82) is 0 Å². The van der Waals surface area contributed by atoms with Gasteiger partial charge in [0.25, 0.3) is 17.7 Å². The highest BCUT2D eigenvalue weighted by Gasteiger charge is 2.42. The Morgan fingerprint density at radius 1 is 1.19 bits per heavy atom. The van der Waals surface area contributed by atoms with E-state index in [9.17, 15) is 24.0 Å². The lowest BCUT2D eigenvalue weighted by atomic mass is 10.0. The summed E-state index contributed by atoms with van der Waals surface area (Å²) in [5, 5.41) is 2.75. The zero-order valence-corrected chi connectivity index (χ0v) is 18.2. The van der Waals surface area contributed by atoms with Crippen LogP contribution < -0.4 is 5.32 Å². The van der Waals surface area contributed by atoms with E-state index in [1.807, 2.05) is 0 Å². The summed E-state index contributed by atoms with van der Waals surface area (Å²) < 4.78 is 0. The molecule has 31 heavy (non-hydrogen) atoms. The normalized spacial score (nSPS) is 14.2. The van der Waals surface area contributed by atoms with Crippen LogP contribution in [-0.2, 0) is 20.9 Å². The number of hydrogen-bond acceptors (Lipinski definition) is 6. The molecule has 0 aliphatic carbocycles. The maximum Gasteiger partial charge on any atom is 0.267 e. The third-order valence-electron chi connectivity index (χ3n) is 5.18. The van der Waals surface area contributed by atoms with Gasteiger partial charge in [-0.15, -0.1) is 0 Å². The predicted molar refractivity (Wildman–Crippen MR) is 115 cm³/mol. The minimum absolute atomic E-state index is 0.0232. The topological polar surface area (TPSA) is 104 Å². The lowest BCUT2D eigenvalue weighted by Crippen LogP contribution is -2.44. The maximum atomic E-state index is 13.1. The molecule has 1 atom stereocenters. The first-order chi connectivity index (χ1) is 14.6. The molecule has 1 unspecified atom stereocenters. The molecule has 2 rings (SSSR count). The Morgan fingerprint density at radius 3 is 2.42 bits per heavy atom. The van der Waals surface area contributed by atoms with Crippen molar-refractivity contribution in [3.05, 3.63) is 59.4 Å². The fraction of sp³-hybridized carbons (Fsp3) is 0.348. The summed E-state index contributed by atoms with van der Waals surface area (Å²) in [6.07, 6.45) is 3.30. The summed E-state index contributed by atoms with van der Waals surface area (Å²) in [4.78, 5) is 64.6. The Labute approximate surface area is 181 Å². The van der Waals surface area contributed by atoms with Crippen LogP contribution in [0.3, 0.4) is 0 Å². The number of nitrogens with zero attached hydrogens (tertiary/aromatic N) is 2. The molecule has 0 saturated heterocycles. The van der Waals surface area contributed by atoms with Crippen molar-refractivity contribution in [2.45, 2.75) is 46.2 Å². The van der Waals surface area contributed by atoms with Gasteiger partial charge in [-0.05, 0) is 45.0 Å². The minimum Gasteiger partial charge on any atom is -0.347 e. The third kappa shape index (κ3) is 4.96. The fourth-order valence-electron chi connectivity index (χ4n) is 3.52. The third-order valence-corrected chi connectivity index (χ3v) is 5.18. The maximum absolute atomic E-state index is 13.1. The molecule has 0 saturated carbocycles. The number of allylic oxidation sites excluding steroid dienone is 1. The highest BCUT2D eigenvalue weighted by atomic mass is 16.2. The number of likely N-dealkylation sites (N-methyl/N-ethyl adjacent to an activating group) is 1.